The highest BCUT2D eigenvalue weighted by molar-refractivity contribution is 6.31. The SMILES string of the molecule is CCn1c(C2NCCC2C)nc2ccc(Cl)cc21. The molecule has 1 N–H and O–H groups in total. The van der Waals surface area contributed by atoms with Crippen molar-refractivity contribution in [2.24, 2.45) is 5.92 Å². The molecule has 3 nitrogen and oxygen atoms in total. The average molecular weight is 264 g/mol. The van der Waals surface area contributed by atoms with E-state index in [4.69, 9.17) is 16.6 Å². The molecule has 18 heavy (non-hydrogen) atoms. The van der Waals surface area contributed by atoms with Crippen LogP contribution in [-0.4, -0.2) is 16.1 Å². The van der Waals surface area contributed by atoms with E-state index in [0.29, 0.717) is 12.0 Å². The van der Waals surface area contributed by atoms with E-state index in [2.05, 4.69) is 23.7 Å². The molecule has 2 unspecified atom stereocenters. The van der Waals surface area contributed by atoms with Gasteiger partial charge in [-0.25, -0.2) is 4.98 Å². The van der Waals surface area contributed by atoms with Gasteiger partial charge in [-0.1, -0.05) is 18.5 Å². The number of nitrogens with one attached hydrogen (secondary N) is 1. The second-order valence-electron chi connectivity index (χ2n) is 5.05. The van der Waals surface area contributed by atoms with Gasteiger partial charge in [0.25, 0.3) is 0 Å². The molecule has 0 bridgehead atoms. The predicted molar refractivity (Wildman–Crippen MR) is 74.9 cm³/mol. The molecular weight excluding hydrogens is 246 g/mol. The Labute approximate surface area is 112 Å². The minimum Gasteiger partial charge on any atom is -0.327 e. The first-order valence-electron chi connectivity index (χ1n) is 6.59. The van der Waals surface area contributed by atoms with Crippen LogP contribution in [0.25, 0.3) is 11.0 Å². The lowest BCUT2D eigenvalue weighted by Gasteiger charge is -2.16. The Hall–Kier alpha value is -1.06. The highest BCUT2D eigenvalue weighted by Crippen LogP contribution is 2.31. The zero-order valence-electron chi connectivity index (χ0n) is 10.8. The number of hydrogen-bond donors (Lipinski definition) is 1. The van der Waals surface area contributed by atoms with Gasteiger partial charge in [-0.3, -0.25) is 0 Å². The van der Waals surface area contributed by atoms with E-state index in [0.717, 1.165) is 35.0 Å². The van der Waals surface area contributed by atoms with Crippen LogP contribution in [0.3, 0.4) is 0 Å². The Bertz CT molecular complexity index is 576. The van der Waals surface area contributed by atoms with Crippen molar-refractivity contribution in [3.8, 4) is 0 Å². The maximum atomic E-state index is 6.09. The summed E-state index contributed by atoms with van der Waals surface area (Å²) in [5.41, 5.74) is 2.18. The molecule has 1 aromatic carbocycles. The zero-order chi connectivity index (χ0) is 12.7. The Morgan fingerprint density at radius 2 is 2.33 bits per heavy atom. The molecular formula is C14H18ClN3. The summed E-state index contributed by atoms with van der Waals surface area (Å²) in [6.07, 6.45) is 1.22. The number of nitrogens with zero attached hydrogens (tertiary/aromatic N) is 2. The normalized spacial score (nSPS) is 23.9. The van der Waals surface area contributed by atoms with E-state index in [1.165, 1.54) is 6.42 Å². The molecule has 2 heterocycles. The first kappa shape index (κ1) is 12.0. The molecule has 0 aliphatic carbocycles. The van der Waals surface area contributed by atoms with E-state index >= 15 is 0 Å². The summed E-state index contributed by atoms with van der Waals surface area (Å²) in [5.74, 6) is 1.79. The van der Waals surface area contributed by atoms with Crippen molar-refractivity contribution < 1.29 is 0 Å². The predicted octanol–water partition coefficient (Wildman–Crippen LogP) is 3.38. The smallest absolute Gasteiger partial charge is 0.127 e. The van der Waals surface area contributed by atoms with Gasteiger partial charge in [0.15, 0.2) is 0 Å². The van der Waals surface area contributed by atoms with E-state index in [-0.39, 0.29) is 0 Å². The van der Waals surface area contributed by atoms with Crippen LogP contribution in [0.5, 0.6) is 0 Å². The first-order valence-corrected chi connectivity index (χ1v) is 6.97. The minimum atomic E-state index is 0.371. The summed E-state index contributed by atoms with van der Waals surface area (Å²) in [4.78, 5) is 4.80. The van der Waals surface area contributed by atoms with Crippen LogP contribution in [-0.2, 0) is 6.54 Å². The molecule has 1 saturated heterocycles. The average Bonchev–Trinajstić information content (AvgIpc) is 2.91. The van der Waals surface area contributed by atoms with Crippen LogP contribution in [0.4, 0.5) is 0 Å². The van der Waals surface area contributed by atoms with Gasteiger partial charge in [0.2, 0.25) is 0 Å². The van der Waals surface area contributed by atoms with Crippen molar-refractivity contribution >= 4 is 22.6 Å². The fourth-order valence-electron chi connectivity index (χ4n) is 2.86. The molecule has 3 rings (SSSR count). The first-order chi connectivity index (χ1) is 8.70. The van der Waals surface area contributed by atoms with Crippen molar-refractivity contribution in [2.75, 3.05) is 6.54 Å². The van der Waals surface area contributed by atoms with Crippen molar-refractivity contribution in [1.82, 2.24) is 14.9 Å². The molecule has 1 fully saturated rings. The molecule has 4 heteroatoms. The molecule has 0 saturated carbocycles. The number of fused-ring (bicyclic) bond motifs is 1. The van der Waals surface area contributed by atoms with E-state index in [1.54, 1.807) is 0 Å². The Morgan fingerprint density at radius 3 is 3.00 bits per heavy atom. The number of imidazole rings is 1. The van der Waals surface area contributed by atoms with Gasteiger partial charge < -0.3 is 9.88 Å². The van der Waals surface area contributed by atoms with Gasteiger partial charge in [0.1, 0.15) is 5.82 Å². The highest BCUT2D eigenvalue weighted by Gasteiger charge is 2.28. The zero-order valence-corrected chi connectivity index (χ0v) is 11.5. The summed E-state index contributed by atoms with van der Waals surface area (Å²) in [5, 5.41) is 4.33. The summed E-state index contributed by atoms with van der Waals surface area (Å²) in [6.45, 7) is 6.46. The Balaban J connectivity index is 2.16. The van der Waals surface area contributed by atoms with Gasteiger partial charge >= 0.3 is 0 Å². The topological polar surface area (TPSA) is 29.9 Å². The third-order valence-corrected chi connectivity index (χ3v) is 4.10. The van der Waals surface area contributed by atoms with Gasteiger partial charge in [-0.2, -0.15) is 0 Å². The molecule has 1 aromatic heterocycles. The molecule has 1 aliphatic rings. The van der Waals surface area contributed by atoms with Crippen molar-refractivity contribution in [1.29, 1.82) is 0 Å². The molecule has 0 radical (unpaired) electrons. The van der Waals surface area contributed by atoms with Crippen LogP contribution in [0.1, 0.15) is 32.1 Å². The monoisotopic (exact) mass is 263 g/mol. The number of aromatic nitrogens is 2. The highest BCUT2D eigenvalue weighted by atomic mass is 35.5. The lowest BCUT2D eigenvalue weighted by atomic mass is 10.0. The third kappa shape index (κ3) is 1.82. The van der Waals surface area contributed by atoms with E-state index in [1.807, 2.05) is 18.2 Å². The summed E-state index contributed by atoms with van der Waals surface area (Å²) in [7, 11) is 0. The standard InChI is InChI=1S/C14H18ClN3/c1-3-18-12-8-10(15)4-5-11(12)17-14(18)13-9(2)6-7-16-13/h4-5,8-9,13,16H,3,6-7H2,1-2H3. The van der Waals surface area contributed by atoms with Crippen LogP contribution >= 0.6 is 11.6 Å². The lowest BCUT2D eigenvalue weighted by Crippen LogP contribution is -2.21. The summed E-state index contributed by atoms with van der Waals surface area (Å²) >= 11 is 6.09. The van der Waals surface area contributed by atoms with Crippen LogP contribution in [0.15, 0.2) is 18.2 Å². The van der Waals surface area contributed by atoms with Crippen molar-refractivity contribution in [3.05, 3.63) is 29.0 Å². The molecule has 0 spiro atoms. The van der Waals surface area contributed by atoms with E-state index in [9.17, 15) is 0 Å². The Morgan fingerprint density at radius 1 is 1.50 bits per heavy atom. The second-order valence-corrected chi connectivity index (χ2v) is 5.48. The lowest BCUT2D eigenvalue weighted by molar-refractivity contribution is 0.462. The second kappa shape index (κ2) is 4.56. The largest absolute Gasteiger partial charge is 0.327 e. The molecule has 0 amide bonds. The van der Waals surface area contributed by atoms with Crippen LogP contribution in [0, 0.1) is 5.92 Å². The molecule has 96 valence electrons. The van der Waals surface area contributed by atoms with Crippen LogP contribution < -0.4 is 5.32 Å². The Kier molecular flexibility index (Phi) is 3.04. The third-order valence-electron chi connectivity index (χ3n) is 3.87. The quantitative estimate of drug-likeness (QED) is 0.900. The molecule has 1 aliphatic heterocycles. The number of benzene rings is 1. The number of rotatable bonds is 2. The number of aryl methyl sites for hydroxylation is 1. The van der Waals surface area contributed by atoms with Gasteiger partial charge in [0.05, 0.1) is 17.1 Å². The molecule has 2 aromatic rings. The maximum absolute atomic E-state index is 6.09. The number of hydrogen-bond acceptors (Lipinski definition) is 2. The number of halogens is 1. The van der Waals surface area contributed by atoms with Gasteiger partial charge in [-0.05, 0) is 44.0 Å². The van der Waals surface area contributed by atoms with Gasteiger partial charge in [-0.15, -0.1) is 0 Å². The maximum Gasteiger partial charge on any atom is 0.127 e. The summed E-state index contributed by atoms with van der Waals surface area (Å²) < 4.78 is 2.28. The minimum absolute atomic E-state index is 0.371. The fourth-order valence-corrected chi connectivity index (χ4v) is 3.03. The van der Waals surface area contributed by atoms with Crippen LogP contribution in [0.2, 0.25) is 5.02 Å². The van der Waals surface area contributed by atoms with Crippen molar-refractivity contribution in [2.45, 2.75) is 32.9 Å². The van der Waals surface area contributed by atoms with Crippen molar-refractivity contribution in [3.63, 3.8) is 0 Å². The van der Waals surface area contributed by atoms with E-state index < -0.39 is 0 Å². The summed E-state index contributed by atoms with van der Waals surface area (Å²) in [6, 6.07) is 6.30. The molecule has 2 atom stereocenters. The fraction of sp³-hybridized carbons (Fsp3) is 0.500. The van der Waals surface area contributed by atoms with Gasteiger partial charge in [0, 0.05) is 11.6 Å².